The molecule has 2 saturated heterocycles. The summed E-state index contributed by atoms with van der Waals surface area (Å²) >= 11 is 0. The van der Waals surface area contributed by atoms with Gasteiger partial charge in [0.1, 0.15) is 11.6 Å². The van der Waals surface area contributed by atoms with Crippen LogP contribution in [0.4, 0.5) is 0 Å². The first-order valence-electron chi connectivity index (χ1n) is 11.2. The monoisotopic (exact) mass is 403 g/mol. The zero-order valence-electron chi connectivity index (χ0n) is 17.6. The molecule has 2 aliphatic rings. The largest absolute Gasteiger partial charge is 0.494 e. The average Bonchev–Trinajstić information content (AvgIpc) is 2.98. The van der Waals surface area contributed by atoms with E-state index < -0.39 is 0 Å². The molecule has 0 aliphatic carbocycles. The Bertz CT molecular complexity index is 1070. The van der Waals surface area contributed by atoms with Crippen molar-refractivity contribution in [2.24, 2.45) is 0 Å². The Labute approximate surface area is 177 Å². The fourth-order valence-corrected chi connectivity index (χ4v) is 5.27. The van der Waals surface area contributed by atoms with Gasteiger partial charge in [-0.1, -0.05) is 18.6 Å². The second-order valence-corrected chi connectivity index (χ2v) is 8.57. The van der Waals surface area contributed by atoms with Crippen LogP contribution in [0.25, 0.3) is 16.6 Å². The van der Waals surface area contributed by atoms with E-state index in [-0.39, 0.29) is 5.56 Å². The van der Waals surface area contributed by atoms with Crippen LogP contribution in [0.15, 0.2) is 53.3 Å². The normalized spacial score (nSPS) is 21.2. The van der Waals surface area contributed by atoms with Crippen LogP contribution in [0.5, 0.6) is 5.75 Å². The van der Waals surface area contributed by atoms with Crippen LogP contribution in [0.2, 0.25) is 0 Å². The van der Waals surface area contributed by atoms with Crippen LogP contribution in [0, 0.1) is 6.92 Å². The third kappa shape index (κ3) is 3.63. The Balaban J connectivity index is 1.23. The number of benzene rings is 2. The molecule has 2 aromatic carbocycles. The van der Waals surface area contributed by atoms with E-state index in [0.29, 0.717) is 11.2 Å². The summed E-state index contributed by atoms with van der Waals surface area (Å²) in [5, 5.41) is 0.634. The van der Waals surface area contributed by atoms with Crippen molar-refractivity contribution in [2.75, 3.05) is 13.2 Å². The lowest BCUT2D eigenvalue weighted by atomic mass is 10.0. The molecular weight excluding hydrogens is 374 g/mol. The first-order valence-corrected chi connectivity index (χ1v) is 11.2. The highest BCUT2D eigenvalue weighted by Gasteiger charge is 2.35. The van der Waals surface area contributed by atoms with Gasteiger partial charge in [0.15, 0.2) is 0 Å². The van der Waals surface area contributed by atoms with Gasteiger partial charge >= 0.3 is 0 Å². The Morgan fingerprint density at radius 1 is 1.00 bits per heavy atom. The topological polar surface area (TPSA) is 47.4 Å². The van der Waals surface area contributed by atoms with E-state index in [0.717, 1.165) is 48.6 Å². The molecule has 2 unspecified atom stereocenters. The SMILES string of the molecule is Cc1nc2ccccc2c(=O)n1-c1ccc(OCCCN2C3CCCC2CC3)cc1. The summed E-state index contributed by atoms with van der Waals surface area (Å²) in [6, 6.07) is 16.9. The molecule has 156 valence electrons. The smallest absolute Gasteiger partial charge is 0.265 e. The molecule has 2 atom stereocenters. The van der Waals surface area contributed by atoms with Crippen molar-refractivity contribution in [3.8, 4) is 11.4 Å². The van der Waals surface area contributed by atoms with Gasteiger partial charge < -0.3 is 4.74 Å². The molecule has 30 heavy (non-hydrogen) atoms. The van der Waals surface area contributed by atoms with Gasteiger partial charge in [0.05, 0.1) is 23.2 Å². The van der Waals surface area contributed by atoms with Gasteiger partial charge in [0.2, 0.25) is 0 Å². The van der Waals surface area contributed by atoms with Gasteiger partial charge in [-0.15, -0.1) is 0 Å². The summed E-state index contributed by atoms with van der Waals surface area (Å²) in [4.78, 5) is 20.2. The van der Waals surface area contributed by atoms with Gasteiger partial charge in [-0.25, -0.2) is 4.98 Å². The number of nitrogens with zero attached hydrogens (tertiary/aromatic N) is 3. The number of para-hydroxylation sites is 1. The highest BCUT2D eigenvalue weighted by molar-refractivity contribution is 5.77. The van der Waals surface area contributed by atoms with E-state index in [1.807, 2.05) is 55.5 Å². The quantitative estimate of drug-likeness (QED) is 0.570. The maximum Gasteiger partial charge on any atom is 0.265 e. The molecule has 2 fully saturated rings. The lowest BCUT2D eigenvalue weighted by molar-refractivity contribution is 0.130. The third-order valence-electron chi connectivity index (χ3n) is 6.71. The number of ether oxygens (including phenoxy) is 1. The number of rotatable bonds is 6. The molecule has 0 radical (unpaired) electrons. The molecule has 0 N–H and O–H groups in total. The van der Waals surface area contributed by atoms with E-state index in [2.05, 4.69) is 9.88 Å². The summed E-state index contributed by atoms with van der Waals surface area (Å²) in [6.45, 7) is 3.74. The predicted octanol–water partition coefficient (Wildman–Crippen LogP) is 4.48. The first kappa shape index (κ1) is 19.3. The fourth-order valence-electron chi connectivity index (χ4n) is 5.27. The minimum absolute atomic E-state index is 0.0390. The van der Waals surface area contributed by atoms with Crippen LogP contribution in [-0.4, -0.2) is 39.7 Å². The lowest BCUT2D eigenvalue weighted by Crippen LogP contribution is -2.40. The Morgan fingerprint density at radius 3 is 2.50 bits per heavy atom. The zero-order chi connectivity index (χ0) is 20.5. The molecule has 5 rings (SSSR count). The zero-order valence-corrected chi connectivity index (χ0v) is 17.6. The average molecular weight is 404 g/mol. The van der Waals surface area contributed by atoms with Crippen molar-refractivity contribution >= 4 is 10.9 Å². The van der Waals surface area contributed by atoms with Gasteiger partial charge in [-0.3, -0.25) is 14.3 Å². The molecule has 2 bridgehead atoms. The van der Waals surface area contributed by atoms with Crippen LogP contribution in [-0.2, 0) is 0 Å². The van der Waals surface area contributed by atoms with Gasteiger partial charge in [-0.05, 0) is 75.4 Å². The molecule has 0 spiro atoms. The second-order valence-electron chi connectivity index (χ2n) is 8.57. The van der Waals surface area contributed by atoms with E-state index in [1.54, 1.807) is 4.57 Å². The molecule has 5 nitrogen and oxygen atoms in total. The summed E-state index contributed by atoms with van der Waals surface area (Å²) in [7, 11) is 0. The number of fused-ring (bicyclic) bond motifs is 3. The molecule has 2 aliphatic heterocycles. The molecule has 1 aromatic heterocycles. The Hall–Kier alpha value is -2.66. The van der Waals surface area contributed by atoms with Crippen LogP contribution < -0.4 is 10.3 Å². The fraction of sp³-hybridized carbons (Fsp3) is 0.440. The summed E-state index contributed by atoms with van der Waals surface area (Å²) in [5.74, 6) is 1.53. The molecule has 3 heterocycles. The van der Waals surface area contributed by atoms with Gasteiger partial charge in [0, 0.05) is 18.6 Å². The molecule has 3 aromatic rings. The molecule has 5 heteroatoms. The number of hydrogen-bond acceptors (Lipinski definition) is 4. The molecule has 0 saturated carbocycles. The summed E-state index contributed by atoms with van der Waals surface area (Å²) < 4.78 is 7.64. The molecular formula is C25H29N3O2. The highest BCUT2D eigenvalue weighted by atomic mass is 16.5. The first-order chi connectivity index (χ1) is 14.7. The van der Waals surface area contributed by atoms with Crippen LogP contribution in [0.1, 0.15) is 44.3 Å². The minimum atomic E-state index is -0.0390. The maximum absolute atomic E-state index is 12.9. The summed E-state index contributed by atoms with van der Waals surface area (Å²) in [6.07, 6.45) is 7.99. The van der Waals surface area contributed by atoms with Crippen molar-refractivity contribution in [3.63, 3.8) is 0 Å². The number of aromatic nitrogens is 2. The highest BCUT2D eigenvalue weighted by Crippen LogP contribution is 2.35. The Kier molecular flexibility index (Phi) is 5.30. The number of aryl methyl sites for hydroxylation is 1. The minimum Gasteiger partial charge on any atom is -0.494 e. The predicted molar refractivity (Wildman–Crippen MR) is 120 cm³/mol. The molecule has 0 amide bonds. The third-order valence-corrected chi connectivity index (χ3v) is 6.71. The number of hydrogen-bond donors (Lipinski definition) is 0. The van der Waals surface area contributed by atoms with E-state index in [9.17, 15) is 4.79 Å². The number of piperidine rings is 1. The van der Waals surface area contributed by atoms with Gasteiger partial charge in [0.25, 0.3) is 5.56 Å². The van der Waals surface area contributed by atoms with Crippen molar-refractivity contribution in [2.45, 2.75) is 57.5 Å². The lowest BCUT2D eigenvalue weighted by Gasteiger charge is -2.34. The van der Waals surface area contributed by atoms with E-state index >= 15 is 0 Å². The maximum atomic E-state index is 12.9. The second kappa shape index (κ2) is 8.23. The van der Waals surface area contributed by atoms with Crippen LogP contribution >= 0.6 is 0 Å². The van der Waals surface area contributed by atoms with Crippen molar-refractivity contribution < 1.29 is 4.74 Å². The van der Waals surface area contributed by atoms with Crippen molar-refractivity contribution in [1.82, 2.24) is 14.5 Å². The van der Waals surface area contributed by atoms with Gasteiger partial charge in [-0.2, -0.15) is 0 Å². The standard InChI is InChI=1S/C25H29N3O2/c1-18-26-24-9-3-2-8-23(24)25(29)28(18)21-12-14-22(15-13-21)30-17-5-16-27-19-6-4-7-20(27)11-10-19/h2-3,8-9,12-15,19-20H,4-7,10-11,16-17H2,1H3. The van der Waals surface area contributed by atoms with Crippen molar-refractivity contribution in [1.29, 1.82) is 0 Å². The Morgan fingerprint density at radius 2 is 1.73 bits per heavy atom. The van der Waals surface area contributed by atoms with E-state index in [4.69, 9.17) is 4.74 Å². The van der Waals surface area contributed by atoms with E-state index in [1.165, 1.54) is 32.1 Å². The van der Waals surface area contributed by atoms with Crippen molar-refractivity contribution in [3.05, 3.63) is 64.7 Å². The van der Waals surface area contributed by atoms with Crippen LogP contribution in [0.3, 0.4) is 0 Å². The summed E-state index contributed by atoms with van der Waals surface area (Å²) in [5.41, 5.74) is 1.51.